The predicted octanol–water partition coefficient (Wildman–Crippen LogP) is 4.71. The van der Waals surface area contributed by atoms with Crippen LogP contribution in [0.15, 0.2) is 58.8 Å². The van der Waals surface area contributed by atoms with Crippen molar-refractivity contribution >= 4 is 39.6 Å². The molecule has 0 aliphatic heterocycles. The van der Waals surface area contributed by atoms with E-state index < -0.39 is 0 Å². The molecule has 0 aliphatic carbocycles. The first-order valence-electron chi connectivity index (χ1n) is 6.49. The molecule has 0 radical (unpaired) electrons. The summed E-state index contributed by atoms with van der Waals surface area (Å²) in [6.07, 6.45) is 0. The number of nitrogens with one attached hydrogen (secondary N) is 1. The van der Waals surface area contributed by atoms with Gasteiger partial charge < -0.3 is 11.1 Å². The van der Waals surface area contributed by atoms with Crippen LogP contribution in [0.2, 0.25) is 0 Å². The number of thioether (sulfide) groups is 1. The van der Waals surface area contributed by atoms with Crippen LogP contribution in [0.1, 0.15) is 0 Å². The third kappa shape index (κ3) is 3.39. The molecule has 3 N–H and O–H groups in total. The van der Waals surface area contributed by atoms with Gasteiger partial charge in [-0.1, -0.05) is 12.1 Å². The van der Waals surface area contributed by atoms with E-state index in [4.69, 9.17) is 11.0 Å². The number of hydrogen-bond acceptors (Lipinski definition) is 6. The first kappa shape index (κ1) is 14.4. The Bertz CT molecular complexity index is 801. The van der Waals surface area contributed by atoms with Crippen molar-refractivity contribution in [3.8, 4) is 16.7 Å². The molecule has 3 rings (SSSR count). The van der Waals surface area contributed by atoms with Crippen molar-refractivity contribution in [3.63, 3.8) is 0 Å². The number of nitrogens with two attached hydrogens (primary N) is 1. The van der Waals surface area contributed by atoms with E-state index in [1.165, 1.54) is 0 Å². The fourth-order valence-corrected chi connectivity index (χ4v) is 3.02. The van der Waals surface area contributed by atoms with Gasteiger partial charge in [-0.3, -0.25) is 0 Å². The molecule has 22 heavy (non-hydrogen) atoms. The van der Waals surface area contributed by atoms with Crippen molar-refractivity contribution in [1.29, 1.82) is 5.26 Å². The van der Waals surface area contributed by atoms with Gasteiger partial charge in [0, 0.05) is 27.2 Å². The molecule has 0 atom stereocenters. The molecule has 0 unspecified atom stereocenters. The highest BCUT2D eigenvalue weighted by Gasteiger charge is 2.05. The highest BCUT2D eigenvalue weighted by atomic mass is 32.2. The molecule has 0 fully saturated rings. The fraction of sp³-hybridized carbons (Fsp3) is 0. The number of thiocyanates is 1. The predicted molar refractivity (Wildman–Crippen MR) is 93.2 cm³/mol. The minimum absolute atomic E-state index is 0.743. The van der Waals surface area contributed by atoms with E-state index in [-0.39, 0.29) is 0 Å². The SMILES string of the molecule is N#CSc1ccc(Nc2nc(-c3ccc(N)cc3)cs2)cc1. The lowest BCUT2D eigenvalue weighted by Crippen LogP contribution is -1.89. The number of thiazole rings is 1. The van der Waals surface area contributed by atoms with Gasteiger partial charge in [0.15, 0.2) is 5.13 Å². The van der Waals surface area contributed by atoms with Crippen molar-refractivity contribution in [2.75, 3.05) is 11.1 Å². The van der Waals surface area contributed by atoms with Gasteiger partial charge in [0.2, 0.25) is 0 Å². The smallest absolute Gasteiger partial charge is 0.187 e. The molecule has 108 valence electrons. The zero-order valence-electron chi connectivity index (χ0n) is 11.5. The zero-order chi connectivity index (χ0) is 15.4. The molecule has 6 heteroatoms. The van der Waals surface area contributed by atoms with E-state index in [0.717, 1.165) is 44.4 Å². The first-order chi connectivity index (χ1) is 10.7. The van der Waals surface area contributed by atoms with Crippen molar-refractivity contribution in [1.82, 2.24) is 4.98 Å². The van der Waals surface area contributed by atoms with Crippen LogP contribution < -0.4 is 11.1 Å². The minimum atomic E-state index is 0.743. The highest BCUT2D eigenvalue weighted by molar-refractivity contribution is 8.03. The van der Waals surface area contributed by atoms with Crippen molar-refractivity contribution < 1.29 is 0 Å². The first-order valence-corrected chi connectivity index (χ1v) is 8.19. The Morgan fingerprint density at radius 1 is 1.09 bits per heavy atom. The average molecular weight is 324 g/mol. The Kier molecular flexibility index (Phi) is 4.28. The van der Waals surface area contributed by atoms with Gasteiger partial charge in [-0.2, -0.15) is 5.26 Å². The number of nitrogens with zero attached hydrogens (tertiary/aromatic N) is 2. The van der Waals surface area contributed by atoms with Crippen LogP contribution in [-0.2, 0) is 0 Å². The molecule has 1 aromatic heterocycles. The molecule has 4 nitrogen and oxygen atoms in total. The average Bonchev–Trinajstić information content (AvgIpc) is 2.99. The molecule has 0 spiro atoms. The summed E-state index contributed by atoms with van der Waals surface area (Å²) < 4.78 is 0. The molecule has 2 aromatic carbocycles. The van der Waals surface area contributed by atoms with Gasteiger partial charge in [-0.25, -0.2) is 4.98 Å². The normalized spacial score (nSPS) is 10.1. The van der Waals surface area contributed by atoms with E-state index in [1.54, 1.807) is 11.3 Å². The summed E-state index contributed by atoms with van der Waals surface area (Å²) in [5.41, 5.74) is 9.34. The number of nitrogen functional groups attached to an aromatic ring is 1. The van der Waals surface area contributed by atoms with E-state index in [2.05, 4.69) is 15.7 Å². The topological polar surface area (TPSA) is 74.7 Å². The van der Waals surface area contributed by atoms with Crippen LogP contribution in [-0.4, -0.2) is 4.98 Å². The Balaban J connectivity index is 1.74. The Hall–Kier alpha value is -2.49. The summed E-state index contributed by atoms with van der Waals surface area (Å²) >= 11 is 2.69. The van der Waals surface area contributed by atoms with Crippen LogP contribution in [0.3, 0.4) is 0 Å². The summed E-state index contributed by atoms with van der Waals surface area (Å²) in [5.74, 6) is 0. The van der Waals surface area contributed by atoms with Crippen LogP contribution >= 0.6 is 23.1 Å². The zero-order valence-corrected chi connectivity index (χ0v) is 13.1. The van der Waals surface area contributed by atoms with E-state index in [0.29, 0.717) is 0 Å². The Labute approximate surface area is 136 Å². The minimum Gasteiger partial charge on any atom is -0.399 e. The molecule has 0 saturated heterocycles. The molecule has 0 saturated carbocycles. The molecule has 0 aliphatic rings. The monoisotopic (exact) mass is 324 g/mol. The lowest BCUT2D eigenvalue weighted by atomic mass is 10.1. The lowest BCUT2D eigenvalue weighted by molar-refractivity contribution is 1.37. The third-order valence-electron chi connectivity index (χ3n) is 2.98. The Morgan fingerprint density at radius 2 is 1.82 bits per heavy atom. The molecule has 0 amide bonds. The fourth-order valence-electron chi connectivity index (χ4n) is 1.90. The number of rotatable bonds is 4. The third-order valence-corrected chi connectivity index (χ3v) is 4.34. The summed E-state index contributed by atoms with van der Waals surface area (Å²) in [5, 5.41) is 16.8. The largest absolute Gasteiger partial charge is 0.399 e. The second-order valence-corrected chi connectivity index (χ2v) is 6.22. The highest BCUT2D eigenvalue weighted by Crippen LogP contribution is 2.28. The maximum absolute atomic E-state index is 8.63. The number of benzene rings is 2. The molecular weight excluding hydrogens is 312 g/mol. The van der Waals surface area contributed by atoms with Gasteiger partial charge in [0.1, 0.15) is 5.40 Å². The van der Waals surface area contributed by atoms with Crippen LogP contribution in [0.4, 0.5) is 16.5 Å². The molecule has 3 aromatic rings. The summed E-state index contributed by atoms with van der Waals surface area (Å²) in [4.78, 5) is 5.50. The van der Waals surface area contributed by atoms with Crippen molar-refractivity contribution in [2.24, 2.45) is 0 Å². The Morgan fingerprint density at radius 3 is 2.50 bits per heavy atom. The number of hydrogen-bond donors (Lipinski definition) is 2. The molecule has 0 bridgehead atoms. The number of nitriles is 1. The van der Waals surface area contributed by atoms with Crippen molar-refractivity contribution in [3.05, 3.63) is 53.9 Å². The second-order valence-electron chi connectivity index (χ2n) is 4.50. The van der Waals surface area contributed by atoms with E-state index >= 15 is 0 Å². The summed E-state index contributed by atoms with van der Waals surface area (Å²) in [6.45, 7) is 0. The molecular formula is C16H12N4S2. The number of anilines is 3. The van der Waals surface area contributed by atoms with Gasteiger partial charge in [0.05, 0.1) is 5.69 Å². The second kappa shape index (κ2) is 6.52. The summed E-state index contributed by atoms with van der Waals surface area (Å²) in [7, 11) is 0. The maximum atomic E-state index is 8.63. The number of aromatic nitrogens is 1. The van der Waals surface area contributed by atoms with Crippen LogP contribution in [0.5, 0.6) is 0 Å². The summed E-state index contributed by atoms with van der Waals surface area (Å²) in [6, 6.07) is 15.3. The van der Waals surface area contributed by atoms with E-state index in [9.17, 15) is 0 Å². The van der Waals surface area contributed by atoms with Crippen LogP contribution in [0, 0.1) is 10.7 Å². The van der Waals surface area contributed by atoms with Gasteiger partial charge in [-0.15, -0.1) is 11.3 Å². The standard InChI is InChI=1S/C16H12N4S2/c17-10-22-14-7-5-13(6-8-14)19-16-20-15(9-21-16)11-1-3-12(18)4-2-11/h1-9H,18H2,(H,19,20). The molecule has 1 heterocycles. The van der Waals surface area contributed by atoms with Crippen molar-refractivity contribution in [2.45, 2.75) is 4.90 Å². The quantitative estimate of drug-likeness (QED) is 0.413. The van der Waals surface area contributed by atoms with Gasteiger partial charge in [-0.05, 0) is 48.2 Å². The van der Waals surface area contributed by atoms with E-state index in [1.807, 2.05) is 53.9 Å². The van der Waals surface area contributed by atoms with Gasteiger partial charge in [0.25, 0.3) is 0 Å². The van der Waals surface area contributed by atoms with Gasteiger partial charge >= 0.3 is 0 Å². The van der Waals surface area contributed by atoms with Crippen LogP contribution in [0.25, 0.3) is 11.3 Å². The maximum Gasteiger partial charge on any atom is 0.187 e. The lowest BCUT2D eigenvalue weighted by Gasteiger charge is -2.02.